The molecule has 0 amide bonds. The fourth-order valence-electron chi connectivity index (χ4n) is 1.77. The summed E-state index contributed by atoms with van der Waals surface area (Å²) in [6, 6.07) is 0. The summed E-state index contributed by atoms with van der Waals surface area (Å²) in [5, 5.41) is 9.13. The van der Waals surface area contributed by atoms with Crippen molar-refractivity contribution in [3.63, 3.8) is 0 Å². The Morgan fingerprint density at radius 1 is 1.14 bits per heavy atom. The van der Waals surface area contributed by atoms with Crippen LogP contribution in [0.4, 0.5) is 0 Å². The summed E-state index contributed by atoms with van der Waals surface area (Å²) in [7, 11) is -1.78. The fourth-order valence-corrected chi connectivity index (χ4v) is 5.30. The van der Waals surface area contributed by atoms with Crippen molar-refractivity contribution in [3.05, 3.63) is 22.3 Å². The van der Waals surface area contributed by atoms with Gasteiger partial charge in [-0.3, -0.25) is 0 Å². The van der Waals surface area contributed by atoms with Crippen molar-refractivity contribution in [2.24, 2.45) is 5.92 Å². The molecule has 0 radical (unpaired) electrons. The summed E-state index contributed by atoms with van der Waals surface area (Å²) in [6.07, 6.45) is 7.37. The van der Waals surface area contributed by atoms with Gasteiger partial charge in [0.15, 0.2) is 0 Å². The van der Waals surface area contributed by atoms with Crippen LogP contribution in [0.25, 0.3) is 0 Å². The Bertz CT molecular complexity index is 376. The zero-order chi connectivity index (χ0) is 17.6. The first-order chi connectivity index (χ1) is 9.80. The molecule has 22 heavy (non-hydrogen) atoms. The topological polar surface area (TPSA) is 29.5 Å². The number of aliphatic hydroxyl groups is 1. The molecule has 2 atom stereocenters. The van der Waals surface area contributed by atoms with Gasteiger partial charge in [-0.2, -0.15) is 0 Å². The van der Waals surface area contributed by atoms with E-state index in [0.29, 0.717) is 5.92 Å². The number of hydrogen-bond donors (Lipinski definition) is 1. The van der Waals surface area contributed by atoms with E-state index in [-0.39, 0.29) is 17.7 Å². The molecule has 0 aliphatic rings. The Morgan fingerprint density at radius 3 is 2.09 bits per heavy atom. The molecule has 0 rings (SSSR count). The number of hydrogen-bond acceptors (Lipinski definition) is 2. The average molecular weight is 433 g/mol. The average Bonchev–Trinajstić information content (AvgIpc) is 2.32. The molecule has 0 aliphatic carbocycles. The molecule has 0 aliphatic heterocycles. The van der Waals surface area contributed by atoms with Crippen molar-refractivity contribution in [1.82, 2.24) is 0 Å². The summed E-state index contributed by atoms with van der Waals surface area (Å²) in [5.74, 6) is 0.432. The van der Waals surface area contributed by atoms with Crippen LogP contribution in [0.3, 0.4) is 0 Å². The number of rotatable bonds is 8. The van der Waals surface area contributed by atoms with Gasteiger partial charge in [0, 0.05) is 0 Å². The minimum absolute atomic E-state index is 0.120. The Morgan fingerprint density at radius 2 is 1.68 bits per heavy atom. The van der Waals surface area contributed by atoms with E-state index in [0.717, 1.165) is 6.42 Å². The van der Waals surface area contributed by atoms with E-state index in [1.54, 1.807) is 0 Å². The molecular weight excluding hydrogens is 395 g/mol. The molecule has 4 heteroatoms. The second-order valence-electron chi connectivity index (χ2n) is 8.93. The Hall–Kier alpha value is 0.416. The van der Waals surface area contributed by atoms with Gasteiger partial charge in [0.25, 0.3) is 0 Å². The summed E-state index contributed by atoms with van der Waals surface area (Å²) >= 11 is -1.94. The van der Waals surface area contributed by atoms with Gasteiger partial charge in [-0.1, -0.05) is 0 Å². The van der Waals surface area contributed by atoms with Crippen LogP contribution in [0.2, 0.25) is 33.0 Å². The van der Waals surface area contributed by atoms with Crippen molar-refractivity contribution in [2.75, 3.05) is 6.61 Å². The second-order valence-corrected chi connectivity index (χ2v) is 28.1. The van der Waals surface area contributed by atoms with Gasteiger partial charge in [-0.15, -0.1) is 0 Å². The minimum atomic E-state index is -1.94. The maximum absolute atomic E-state index is 8.90. The molecule has 130 valence electrons. The van der Waals surface area contributed by atoms with Crippen LogP contribution >= 0.6 is 0 Å². The molecule has 0 heterocycles. The third-order valence-corrected chi connectivity index (χ3v) is 12.2. The van der Waals surface area contributed by atoms with E-state index < -0.39 is 26.7 Å². The zero-order valence-corrected chi connectivity index (χ0v) is 20.1. The predicted octanol–water partition coefficient (Wildman–Crippen LogP) is 5.39. The molecule has 0 aromatic rings. The van der Waals surface area contributed by atoms with Crippen LogP contribution in [-0.2, 0) is 4.43 Å². The van der Waals surface area contributed by atoms with Crippen molar-refractivity contribution < 1.29 is 9.53 Å². The van der Waals surface area contributed by atoms with E-state index >= 15 is 0 Å². The summed E-state index contributed by atoms with van der Waals surface area (Å²) in [4.78, 5) is 7.26. The molecule has 0 fully saturated rings. The molecule has 2 nitrogen and oxygen atoms in total. The van der Waals surface area contributed by atoms with Crippen molar-refractivity contribution >= 4 is 26.7 Å². The molecule has 0 saturated heterocycles. The Labute approximate surface area is 144 Å². The third kappa shape index (κ3) is 8.89. The molecule has 0 aromatic carbocycles. The zero-order valence-electron chi connectivity index (χ0n) is 16.2. The second kappa shape index (κ2) is 9.04. The van der Waals surface area contributed by atoms with Gasteiger partial charge in [0.2, 0.25) is 0 Å². The fraction of sp³-hybridized carbons (Fsp3) is 0.778. The van der Waals surface area contributed by atoms with Crippen molar-refractivity contribution in [1.29, 1.82) is 0 Å². The molecular formula is C18H38O2SiSn. The van der Waals surface area contributed by atoms with E-state index in [4.69, 9.17) is 9.53 Å². The van der Waals surface area contributed by atoms with Crippen LogP contribution in [0.15, 0.2) is 22.3 Å². The van der Waals surface area contributed by atoms with E-state index in [2.05, 4.69) is 71.9 Å². The third-order valence-electron chi connectivity index (χ3n) is 4.36. The SMILES string of the molecule is C[C@@H](C/C=C/CO)[C@@H](/C=[CH]\[Sn]([CH3])([CH3])[CH3])O[Si](C)(C)C(C)(C)C. The molecule has 0 bridgehead atoms. The maximum atomic E-state index is 8.90. The summed E-state index contributed by atoms with van der Waals surface area (Å²) in [6.45, 7) is 13.9. The monoisotopic (exact) mass is 434 g/mol. The first-order valence-corrected chi connectivity index (χ1v) is 21.5. The number of allylic oxidation sites excluding steroid dienone is 1. The normalized spacial score (nSPS) is 17.4. The van der Waals surface area contributed by atoms with E-state index in [1.807, 2.05) is 6.08 Å². The number of aliphatic hydroxyl groups excluding tert-OH is 1. The summed E-state index contributed by atoms with van der Waals surface area (Å²) < 4.78 is 9.15. The van der Waals surface area contributed by atoms with Crippen molar-refractivity contribution in [2.45, 2.75) is 73.2 Å². The first-order valence-electron chi connectivity index (χ1n) is 8.43. The standard InChI is InChI=1S/C15H29O2Si.3CH3.Sn/c1-8-14(13(2)11-9-10-12-16)17-18(6,7)15(3,4)5;;;;/h1,8-10,13-14,16H,11-12H2,2-7H3;3*1H3;/b8-1?,10-9+;;;;/t13-,14+;;;;/m0..../s1. The van der Waals surface area contributed by atoms with Crippen molar-refractivity contribution in [3.8, 4) is 0 Å². The van der Waals surface area contributed by atoms with Crippen LogP contribution in [0, 0.1) is 5.92 Å². The molecule has 0 aromatic heterocycles. The van der Waals surface area contributed by atoms with Crippen LogP contribution < -0.4 is 0 Å². The molecule has 0 unspecified atom stereocenters. The van der Waals surface area contributed by atoms with Crippen LogP contribution in [0.5, 0.6) is 0 Å². The van der Waals surface area contributed by atoms with Gasteiger partial charge in [-0.05, 0) is 0 Å². The molecule has 0 saturated carbocycles. The van der Waals surface area contributed by atoms with Crippen LogP contribution in [-0.4, -0.2) is 44.5 Å². The summed E-state index contributed by atoms with van der Waals surface area (Å²) in [5.41, 5.74) is 0. The Balaban J connectivity index is 5.17. The molecule has 1 N–H and O–H groups in total. The van der Waals surface area contributed by atoms with Gasteiger partial charge >= 0.3 is 144 Å². The van der Waals surface area contributed by atoms with Gasteiger partial charge in [0.05, 0.1) is 0 Å². The first kappa shape index (κ1) is 22.4. The van der Waals surface area contributed by atoms with Gasteiger partial charge in [0.1, 0.15) is 0 Å². The predicted molar refractivity (Wildman–Crippen MR) is 105 cm³/mol. The van der Waals surface area contributed by atoms with E-state index in [9.17, 15) is 0 Å². The quantitative estimate of drug-likeness (QED) is 0.411. The van der Waals surface area contributed by atoms with Crippen LogP contribution in [0.1, 0.15) is 34.1 Å². The Kier molecular flexibility index (Phi) is 9.21. The van der Waals surface area contributed by atoms with Gasteiger partial charge < -0.3 is 0 Å². The molecule has 0 spiro atoms. The van der Waals surface area contributed by atoms with Gasteiger partial charge in [-0.25, -0.2) is 0 Å². The van der Waals surface area contributed by atoms with E-state index in [1.165, 1.54) is 0 Å².